The van der Waals surface area contributed by atoms with Crippen molar-refractivity contribution < 1.29 is 0 Å². The molecule has 1 saturated carbocycles. The van der Waals surface area contributed by atoms with E-state index in [1.165, 1.54) is 51.5 Å². The quantitative estimate of drug-likeness (QED) is 0.503. The second kappa shape index (κ2) is 8.46. The Balaban J connectivity index is 1.99. The monoisotopic (exact) mass is 229 g/mol. The Morgan fingerprint density at radius 1 is 1.20 bits per heavy atom. The van der Waals surface area contributed by atoms with E-state index in [0.29, 0.717) is 0 Å². The van der Waals surface area contributed by atoms with Crippen LogP contribution in [0.15, 0.2) is 0 Å². The van der Waals surface area contributed by atoms with E-state index in [-0.39, 0.29) is 0 Å². The molecule has 1 fully saturated rings. The van der Waals surface area contributed by atoms with Crippen molar-refractivity contribution in [2.75, 3.05) is 18.8 Å². The molecule has 1 aliphatic carbocycles. The van der Waals surface area contributed by atoms with Crippen LogP contribution in [0.4, 0.5) is 0 Å². The maximum absolute atomic E-state index is 4.18. The summed E-state index contributed by atoms with van der Waals surface area (Å²) in [6.07, 6.45) is 10.2. The number of hydrogen-bond acceptors (Lipinski definition) is 2. The molecule has 0 bridgehead atoms. The fourth-order valence-electron chi connectivity index (χ4n) is 2.69. The van der Waals surface area contributed by atoms with Crippen molar-refractivity contribution in [3.05, 3.63) is 0 Å². The van der Waals surface area contributed by atoms with E-state index in [2.05, 4.69) is 24.9 Å². The zero-order valence-electron chi connectivity index (χ0n) is 10.2. The van der Waals surface area contributed by atoms with Gasteiger partial charge in [0.1, 0.15) is 0 Å². The van der Waals surface area contributed by atoms with Gasteiger partial charge in [0, 0.05) is 12.3 Å². The Kier molecular flexibility index (Phi) is 7.54. The Labute approximate surface area is 101 Å². The maximum Gasteiger partial charge on any atom is 0.00397 e. The molecule has 1 nitrogen and oxygen atoms in total. The molecule has 1 atom stereocenters. The predicted octanol–water partition coefficient (Wildman–Crippen LogP) is 3.50. The summed E-state index contributed by atoms with van der Waals surface area (Å²) in [5.41, 5.74) is 0. The van der Waals surface area contributed by atoms with Crippen molar-refractivity contribution in [1.82, 2.24) is 5.32 Å². The molecule has 0 saturated heterocycles. The third-order valence-corrected chi connectivity index (χ3v) is 3.98. The molecular weight excluding hydrogens is 202 g/mol. The second-order valence-electron chi connectivity index (χ2n) is 4.99. The fraction of sp³-hybridized carbons (Fsp3) is 1.00. The molecule has 0 heterocycles. The maximum atomic E-state index is 4.18. The van der Waals surface area contributed by atoms with Crippen molar-refractivity contribution in [3.63, 3.8) is 0 Å². The zero-order valence-corrected chi connectivity index (χ0v) is 11.1. The highest BCUT2D eigenvalue weighted by Crippen LogP contribution is 2.31. The molecule has 1 N–H and O–H groups in total. The molecule has 0 amide bonds. The second-order valence-corrected chi connectivity index (χ2v) is 5.44. The van der Waals surface area contributed by atoms with Crippen molar-refractivity contribution >= 4 is 12.6 Å². The van der Waals surface area contributed by atoms with Crippen LogP contribution in [0.5, 0.6) is 0 Å². The Morgan fingerprint density at radius 3 is 2.60 bits per heavy atom. The molecule has 0 aromatic carbocycles. The first-order chi connectivity index (χ1) is 7.34. The molecule has 2 heteroatoms. The number of thiol groups is 1. The van der Waals surface area contributed by atoms with Gasteiger partial charge in [-0.1, -0.05) is 39.0 Å². The average molecular weight is 229 g/mol. The van der Waals surface area contributed by atoms with E-state index in [4.69, 9.17) is 0 Å². The van der Waals surface area contributed by atoms with Gasteiger partial charge in [0.25, 0.3) is 0 Å². The van der Waals surface area contributed by atoms with E-state index < -0.39 is 0 Å². The molecule has 0 aromatic heterocycles. The van der Waals surface area contributed by atoms with Gasteiger partial charge in [0.2, 0.25) is 0 Å². The Morgan fingerprint density at radius 2 is 1.93 bits per heavy atom. The summed E-state index contributed by atoms with van der Waals surface area (Å²) < 4.78 is 0. The summed E-state index contributed by atoms with van der Waals surface area (Å²) in [6, 6.07) is 0. The molecule has 0 aliphatic heterocycles. The van der Waals surface area contributed by atoms with Gasteiger partial charge in [0.15, 0.2) is 0 Å². The van der Waals surface area contributed by atoms with Gasteiger partial charge in [-0.15, -0.1) is 0 Å². The van der Waals surface area contributed by atoms with E-state index in [1.807, 2.05) is 0 Å². The van der Waals surface area contributed by atoms with Crippen LogP contribution in [0.3, 0.4) is 0 Å². The first-order valence-corrected chi connectivity index (χ1v) is 7.29. The predicted molar refractivity (Wildman–Crippen MR) is 71.7 cm³/mol. The molecule has 90 valence electrons. The molecule has 15 heavy (non-hydrogen) atoms. The highest BCUT2D eigenvalue weighted by molar-refractivity contribution is 7.80. The van der Waals surface area contributed by atoms with Crippen LogP contribution >= 0.6 is 12.6 Å². The lowest BCUT2D eigenvalue weighted by molar-refractivity contribution is 0.248. The van der Waals surface area contributed by atoms with Crippen LogP contribution in [0.1, 0.15) is 51.9 Å². The topological polar surface area (TPSA) is 12.0 Å². The van der Waals surface area contributed by atoms with E-state index in [9.17, 15) is 0 Å². The minimum absolute atomic E-state index is 0.947. The standard InChI is InChI=1S/C13H27NS/c1-12(6-5-9-14-10-11-15)13-7-3-2-4-8-13/h12-15H,2-11H2,1H3/t12-/m0/s1. The SMILES string of the molecule is C[C@@H](CCCNCCS)C1CCCCC1. The van der Waals surface area contributed by atoms with Gasteiger partial charge in [-0.25, -0.2) is 0 Å². The zero-order chi connectivity index (χ0) is 10.9. The molecule has 0 aromatic rings. The van der Waals surface area contributed by atoms with Gasteiger partial charge in [-0.05, 0) is 31.2 Å². The summed E-state index contributed by atoms with van der Waals surface area (Å²) in [6.45, 7) is 4.69. The van der Waals surface area contributed by atoms with Crippen LogP contribution < -0.4 is 5.32 Å². The number of rotatable bonds is 7. The summed E-state index contributed by atoms with van der Waals surface area (Å²) in [5, 5.41) is 3.42. The van der Waals surface area contributed by atoms with Crippen LogP contribution in [0.2, 0.25) is 0 Å². The third-order valence-electron chi connectivity index (χ3n) is 3.76. The lowest BCUT2D eigenvalue weighted by atomic mass is 9.79. The largest absolute Gasteiger partial charge is 0.316 e. The Bertz CT molecular complexity index is 143. The summed E-state index contributed by atoms with van der Waals surface area (Å²) in [7, 11) is 0. The van der Waals surface area contributed by atoms with Crippen molar-refractivity contribution in [2.45, 2.75) is 51.9 Å². The first-order valence-electron chi connectivity index (χ1n) is 6.66. The third kappa shape index (κ3) is 5.82. The highest BCUT2D eigenvalue weighted by atomic mass is 32.1. The van der Waals surface area contributed by atoms with Crippen molar-refractivity contribution in [3.8, 4) is 0 Å². The van der Waals surface area contributed by atoms with Gasteiger partial charge < -0.3 is 5.32 Å². The van der Waals surface area contributed by atoms with E-state index in [0.717, 1.165) is 24.1 Å². The first kappa shape index (κ1) is 13.4. The normalized spacial score (nSPS) is 20.4. The molecule has 0 spiro atoms. The van der Waals surface area contributed by atoms with E-state index >= 15 is 0 Å². The van der Waals surface area contributed by atoms with Crippen molar-refractivity contribution in [2.24, 2.45) is 11.8 Å². The van der Waals surface area contributed by atoms with Crippen LogP contribution in [0.25, 0.3) is 0 Å². The molecule has 1 aliphatic rings. The lowest BCUT2D eigenvalue weighted by Gasteiger charge is -2.27. The Hall–Kier alpha value is 0.310. The molecule has 0 unspecified atom stereocenters. The smallest absolute Gasteiger partial charge is 0.00397 e. The summed E-state index contributed by atoms with van der Waals surface area (Å²) in [5.74, 6) is 2.93. The molecule has 0 radical (unpaired) electrons. The molecular formula is C13H27NS. The summed E-state index contributed by atoms with van der Waals surface area (Å²) >= 11 is 4.18. The van der Waals surface area contributed by atoms with Crippen molar-refractivity contribution in [1.29, 1.82) is 0 Å². The number of nitrogens with one attached hydrogen (secondary N) is 1. The van der Waals surface area contributed by atoms with Gasteiger partial charge in [-0.2, -0.15) is 12.6 Å². The van der Waals surface area contributed by atoms with Gasteiger partial charge in [0.05, 0.1) is 0 Å². The van der Waals surface area contributed by atoms with Gasteiger partial charge in [-0.3, -0.25) is 0 Å². The minimum atomic E-state index is 0.947. The molecule has 1 rings (SSSR count). The summed E-state index contributed by atoms with van der Waals surface area (Å²) in [4.78, 5) is 0. The lowest BCUT2D eigenvalue weighted by Crippen LogP contribution is -2.20. The van der Waals surface area contributed by atoms with Crippen LogP contribution in [0, 0.1) is 11.8 Å². The van der Waals surface area contributed by atoms with Crippen LogP contribution in [-0.4, -0.2) is 18.8 Å². The van der Waals surface area contributed by atoms with E-state index in [1.54, 1.807) is 0 Å². The fourth-order valence-corrected chi connectivity index (χ4v) is 2.85. The number of hydrogen-bond donors (Lipinski definition) is 2. The highest BCUT2D eigenvalue weighted by Gasteiger charge is 2.19. The van der Waals surface area contributed by atoms with Gasteiger partial charge >= 0.3 is 0 Å². The van der Waals surface area contributed by atoms with Crippen LogP contribution in [-0.2, 0) is 0 Å². The minimum Gasteiger partial charge on any atom is -0.316 e. The average Bonchev–Trinajstić information content (AvgIpc) is 2.30.